The Balaban J connectivity index is 2.08. The number of methoxy groups -OCH3 is 1. The maximum absolute atomic E-state index is 12.0. The topological polar surface area (TPSA) is 58.6 Å². The highest BCUT2D eigenvalue weighted by molar-refractivity contribution is 9.09. The van der Waals surface area contributed by atoms with Crippen molar-refractivity contribution in [2.45, 2.75) is 78.2 Å². The summed E-state index contributed by atoms with van der Waals surface area (Å²) < 4.78 is 5.09. The van der Waals surface area contributed by atoms with Gasteiger partial charge in [-0.1, -0.05) is 90.9 Å². The van der Waals surface area contributed by atoms with E-state index < -0.39 is 0 Å². The van der Waals surface area contributed by atoms with Crippen LogP contribution >= 0.6 is 15.9 Å². The normalized spacial score (nSPS) is 12.5. The Kier molecular flexibility index (Phi) is 16.7. The number of alkyl halides is 1. The van der Waals surface area contributed by atoms with Gasteiger partial charge in [-0.05, 0) is 68.1 Å². The van der Waals surface area contributed by atoms with Crippen molar-refractivity contribution in [3.63, 3.8) is 0 Å². The summed E-state index contributed by atoms with van der Waals surface area (Å²) in [7, 11) is 1.51. The second-order valence-corrected chi connectivity index (χ2v) is 10.1. The standard InChI is InChI=1S/C30H44BrNO3/c1-30(2,22-16-17-23-31)21-15-13-11-9-7-5-4-6-8-10-12-14-18-29(34)32-25-26-19-20-27(33)28(24-26)35-3/h4-5,8-11,15,19-21,24,33H,6-7,12-14,16-18,22-23,25H2,1-3H3,(H,32,34). The van der Waals surface area contributed by atoms with Crippen LogP contribution in [0.2, 0.25) is 0 Å². The van der Waals surface area contributed by atoms with E-state index in [-0.39, 0.29) is 17.1 Å². The number of unbranched alkanes of at least 4 members (excludes halogenated alkanes) is 2. The van der Waals surface area contributed by atoms with E-state index in [1.807, 2.05) is 0 Å². The number of carbonyl (C=O) groups is 1. The zero-order chi connectivity index (χ0) is 25.8. The lowest BCUT2D eigenvalue weighted by molar-refractivity contribution is -0.121. The van der Waals surface area contributed by atoms with Crippen molar-refractivity contribution in [1.82, 2.24) is 5.32 Å². The average molecular weight is 547 g/mol. The van der Waals surface area contributed by atoms with Gasteiger partial charge in [0.05, 0.1) is 7.11 Å². The largest absolute Gasteiger partial charge is 0.504 e. The molecule has 0 aliphatic rings. The molecule has 0 saturated heterocycles. The number of aromatic hydroxyl groups is 1. The van der Waals surface area contributed by atoms with Crippen LogP contribution in [-0.4, -0.2) is 23.5 Å². The van der Waals surface area contributed by atoms with Crippen molar-refractivity contribution in [2.24, 2.45) is 5.41 Å². The minimum absolute atomic E-state index is 0.0326. The van der Waals surface area contributed by atoms with Crippen molar-refractivity contribution in [1.29, 1.82) is 0 Å². The number of amides is 1. The van der Waals surface area contributed by atoms with Crippen LogP contribution in [0.1, 0.15) is 77.2 Å². The summed E-state index contributed by atoms with van der Waals surface area (Å²) in [5, 5.41) is 13.6. The molecule has 0 bridgehead atoms. The molecule has 1 rings (SSSR count). The Morgan fingerprint density at radius 3 is 2.31 bits per heavy atom. The zero-order valence-electron chi connectivity index (χ0n) is 21.8. The summed E-state index contributed by atoms with van der Waals surface area (Å²) in [5.41, 5.74) is 1.18. The Hall–Kier alpha value is -2.27. The number of rotatable bonds is 18. The first-order valence-electron chi connectivity index (χ1n) is 12.7. The van der Waals surface area contributed by atoms with Crippen LogP contribution in [0, 0.1) is 5.41 Å². The second kappa shape index (κ2) is 19.0. The number of hydrogen-bond donors (Lipinski definition) is 2. The van der Waals surface area contributed by atoms with Gasteiger partial charge >= 0.3 is 0 Å². The van der Waals surface area contributed by atoms with Gasteiger partial charge in [0, 0.05) is 18.3 Å². The molecule has 1 aromatic rings. The van der Waals surface area contributed by atoms with E-state index in [4.69, 9.17) is 4.74 Å². The number of benzene rings is 1. The summed E-state index contributed by atoms with van der Waals surface area (Å²) in [6, 6.07) is 5.08. The molecule has 35 heavy (non-hydrogen) atoms. The monoisotopic (exact) mass is 545 g/mol. The molecule has 1 amide bonds. The lowest BCUT2D eigenvalue weighted by atomic mass is 9.87. The first-order chi connectivity index (χ1) is 16.9. The van der Waals surface area contributed by atoms with Crippen LogP contribution in [0.5, 0.6) is 11.5 Å². The summed E-state index contributed by atoms with van der Waals surface area (Å²) in [6.07, 6.45) is 26.6. The number of ether oxygens (including phenoxy) is 1. The number of nitrogens with one attached hydrogen (secondary N) is 1. The van der Waals surface area contributed by atoms with Crippen LogP contribution in [0.25, 0.3) is 0 Å². The quantitative estimate of drug-likeness (QED) is 0.111. The zero-order valence-corrected chi connectivity index (χ0v) is 23.4. The van der Waals surface area contributed by atoms with Crippen molar-refractivity contribution < 1.29 is 14.6 Å². The van der Waals surface area contributed by atoms with Gasteiger partial charge in [-0.15, -0.1) is 0 Å². The van der Waals surface area contributed by atoms with Crippen LogP contribution in [0.4, 0.5) is 0 Å². The highest BCUT2D eigenvalue weighted by Crippen LogP contribution is 2.26. The molecule has 0 radical (unpaired) electrons. The minimum Gasteiger partial charge on any atom is -0.504 e. The number of halogens is 1. The molecule has 2 N–H and O–H groups in total. The Morgan fingerprint density at radius 1 is 1.00 bits per heavy atom. The first-order valence-corrected chi connectivity index (χ1v) is 13.8. The Bertz CT molecular complexity index is 840. The predicted molar refractivity (Wildman–Crippen MR) is 152 cm³/mol. The van der Waals surface area contributed by atoms with E-state index in [0.29, 0.717) is 18.7 Å². The van der Waals surface area contributed by atoms with E-state index in [9.17, 15) is 9.90 Å². The summed E-state index contributed by atoms with van der Waals surface area (Å²) >= 11 is 3.50. The third kappa shape index (κ3) is 16.1. The van der Waals surface area contributed by atoms with E-state index in [0.717, 1.165) is 43.0 Å². The molecule has 0 unspecified atom stereocenters. The molecule has 0 saturated carbocycles. The molecule has 0 atom stereocenters. The molecule has 0 spiro atoms. The van der Waals surface area contributed by atoms with Gasteiger partial charge in [-0.25, -0.2) is 0 Å². The molecule has 1 aromatic carbocycles. The smallest absolute Gasteiger partial charge is 0.220 e. The van der Waals surface area contributed by atoms with E-state index in [2.05, 4.69) is 83.7 Å². The maximum atomic E-state index is 12.0. The molecular formula is C30H44BrNO3. The van der Waals surface area contributed by atoms with Gasteiger partial charge < -0.3 is 15.2 Å². The SMILES string of the molecule is COc1cc(CNC(=O)CCCC=CCC=CCC=CCC=CC(C)(C)CCCCBr)ccc1O. The molecule has 4 nitrogen and oxygen atoms in total. The van der Waals surface area contributed by atoms with Crippen LogP contribution in [0.15, 0.2) is 66.8 Å². The lowest BCUT2D eigenvalue weighted by Gasteiger charge is -2.19. The second-order valence-electron chi connectivity index (χ2n) is 9.33. The van der Waals surface area contributed by atoms with Crippen LogP contribution in [-0.2, 0) is 11.3 Å². The van der Waals surface area contributed by atoms with Crippen molar-refractivity contribution >= 4 is 21.8 Å². The fourth-order valence-corrected chi connectivity index (χ4v) is 3.88. The van der Waals surface area contributed by atoms with E-state index >= 15 is 0 Å². The van der Waals surface area contributed by atoms with Crippen molar-refractivity contribution in [3.05, 3.63) is 72.4 Å². The number of allylic oxidation sites excluding steroid dienone is 8. The third-order valence-electron chi connectivity index (χ3n) is 5.60. The molecule has 0 heterocycles. The molecule has 194 valence electrons. The molecule has 0 aromatic heterocycles. The fraction of sp³-hybridized carbons (Fsp3) is 0.500. The van der Waals surface area contributed by atoms with Gasteiger partial charge in [0.2, 0.25) is 5.91 Å². The average Bonchev–Trinajstić information content (AvgIpc) is 2.83. The van der Waals surface area contributed by atoms with Gasteiger partial charge in [-0.3, -0.25) is 4.79 Å². The van der Waals surface area contributed by atoms with Gasteiger partial charge in [-0.2, -0.15) is 0 Å². The van der Waals surface area contributed by atoms with E-state index in [1.54, 1.807) is 18.2 Å². The minimum atomic E-state index is 0.0326. The number of phenolic OH excluding ortho intramolecular Hbond substituents is 1. The molecular weight excluding hydrogens is 502 g/mol. The van der Waals surface area contributed by atoms with Crippen LogP contribution < -0.4 is 10.1 Å². The Labute approximate surface area is 221 Å². The molecule has 5 heteroatoms. The number of hydrogen-bond acceptors (Lipinski definition) is 3. The number of phenols is 1. The molecule has 0 aliphatic carbocycles. The van der Waals surface area contributed by atoms with Crippen molar-refractivity contribution in [3.8, 4) is 11.5 Å². The Morgan fingerprint density at radius 2 is 1.66 bits per heavy atom. The summed E-state index contributed by atoms with van der Waals surface area (Å²) in [4.78, 5) is 12.0. The van der Waals surface area contributed by atoms with Crippen molar-refractivity contribution in [2.75, 3.05) is 12.4 Å². The van der Waals surface area contributed by atoms with E-state index in [1.165, 1.54) is 26.4 Å². The van der Waals surface area contributed by atoms with Gasteiger partial charge in [0.1, 0.15) is 0 Å². The lowest BCUT2D eigenvalue weighted by Crippen LogP contribution is -2.22. The highest BCUT2D eigenvalue weighted by atomic mass is 79.9. The first kappa shape index (κ1) is 30.8. The maximum Gasteiger partial charge on any atom is 0.220 e. The highest BCUT2D eigenvalue weighted by Gasteiger charge is 2.12. The summed E-state index contributed by atoms with van der Waals surface area (Å²) in [6.45, 7) is 5.05. The third-order valence-corrected chi connectivity index (χ3v) is 6.16. The van der Waals surface area contributed by atoms with Crippen LogP contribution in [0.3, 0.4) is 0 Å². The summed E-state index contributed by atoms with van der Waals surface area (Å²) in [5.74, 6) is 0.542. The fourth-order valence-electron chi connectivity index (χ4n) is 3.48. The predicted octanol–water partition coefficient (Wildman–Crippen LogP) is 8.17. The molecule has 0 aliphatic heterocycles. The van der Waals surface area contributed by atoms with Gasteiger partial charge in [0.15, 0.2) is 11.5 Å². The molecule has 0 fully saturated rings. The number of carbonyl (C=O) groups excluding carboxylic acids is 1. The van der Waals surface area contributed by atoms with Gasteiger partial charge in [0.25, 0.3) is 0 Å².